The highest BCUT2D eigenvalue weighted by Crippen LogP contribution is 2.37. The number of anilines is 2. The maximum atomic E-state index is 6.11. The van der Waals surface area contributed by atoms with Crippen molar-refractivity contribution in [3.63, 3.8) is 0 Å². The van der Waals surface area contributed by atoms with Crippen LogP contribution in [0.3, 0.4) is 0 Å². The number of nitrogens with two attached hydrogens (primary N) is 1. The van der Waals surface area contributed by atoms with Crippen LogP contribution in [0.4, 0.5) is 11.4 Å². The van der Waals surface area contributed by atoms with Crippen LogP contribution in [0.15, 0.2) is 12.1 Å². The van der Waals surface area contributed by atoms with E-state index in [4.69, 9.17) is 15.2 Å². The molecule has 0 fully saturated rings. The van der Waals surface area contributed by atoms with E-state index in [-0.39, 0.29) is 0 Å². The molecule has 0 saturated carbocycles. The third kappa shape index (κ3) is 3.00. The molecule has 0 saturated heterocycles. The summed E-state index contributed by atoms with van der Waals surface area (Å²) in [5, 5.41) is 0. The van der Waals surface area contributed by atoms with E-state index in [1.165, 1.54) is 0 Å². The van der Waals surface area contributed by atoms with Crippen molar-refractivity contribution in [2.75, 3.05) is 31.4 Å². The van der Waals surface area contributed by atoms with E-state index in [2.05, 4.69) is 25.7 Å². The first-order valence-electron chi connectivity index (χ1n) is 6.33. The number of hydrogen-bond acceptors (Lipinski definition) is 4. The second kappa shape index (κ2) is 6.38. The fourth-order valence-electron chi connectivity index (χ4n) is 2.03. The Morgan fingerprint density at radius 2 is 1.72 bits per heavy atom. The van der Waals surface area contributed by atoms with E-state index < -0.39 is 0 Å². The molecule has 4 nitrogen and oxygen atoms in total. The zero-order valence-electron chi connectivity index (χ0n) is 12.0. The lowest BCUT2D eigenvalue weighted by Gasteiger charge is -2.30. The van der Waals surface area contributed by atoms with Gasteiger partial charge in [0.25, 0.3) is 0 Å². The molecule has 0 atom stereocenters. The number of rotatable bonds is 6. The van der Waals surface area contributed by atoms with Gasteiger partial charge in [0.2, 0.25) is 0 Å². The van der Waals surface area contributed by atoms with E-state index in [0.717, 1.165) is 24.3 Å². The highest BCUT2D eigenvalue weighted by Gasteiger charge is 2.16. The van der Waals surface area contributed by atoms with Crippen LogP contribution < -0.4 is 20.1 Å². The molecule has 0 heterocycles. The number of nitrogens with zero attached hydrogens (tertiary/aromatic N) is 1. The molecule has 0 aliphatic rings. The molecule has 0 unspecified atom stereocenters. The standard InChI is InChI=1S/C14H24N2O2/c1-6-7-16(10(2)3)12-9-14(18-5)13(17-4)8-11(12)15/h8-10H,6-7,15H2,1-5H3. The molecule has 2 N–H and O–H groups in total. The van der Waals surface area contributed by atoms with E-state index in [1.54, 1.807) is 14.2 Å². The smallest absolute Gasteiger partial charge is 0.162 e. The van der Waals surface area contributed by atoms with Gasteiger partial charge in [0.1, 0.15) is 0 Å². The Labute approximate surface area is 110 Å². The molecule has 1 rings (SSSR count). The van der Waals surface area contributed by atoms with Crippen molar-refractivity contribution >= 4 is 11.4 Å². The minimum atomic E-state index is 0.394. The molecule has 0 bridgehead atoms. The summed E-state index contributed by atoms with van der Waals surface area (Å²) in [6.07, 6.45) is 1.08. The summed E-state index contributed by atoms with van der Waals surface area (Å²) in [6.45, 7) is 7.45. The molecule has 102 valence electrons. The molecule has 0 radical (unpaired) electrons. The fraction of sp³-hybridized carbons (Fsp3) is 0.571. The molecule has 1 aromatic rings. The Morgan fingerprint density at radius 3 is 2.17 bits per heavy atom. The maximum Gasteiger partial charge on any atom is 0.162 e. The molecule has 0 amide bonds. The van der Waals surface area contributed by atoms with Crippen LogP contribution in [0, 0.1) is 0 Å². The third-order valence-electron chi connectivity index (χ3n) is 2.93. The summed E-state index contributed by atoms with van der Waals surface area (Å²) in [6, 6.07) is 4.16. The molecule has 0 aliphatic heterocycles. The van der Waals surface area contributed by atoms with Crippen LogP contribution in [0.25, 0.3) is 0 Å². The van der Waals surface area contributed by atoms with Crippen LogP contribution in [0.2, 0.25) is 0 Å². The summed E-state index contributed by atoms with van der Waals surface area (Å²) >= 11 is 0. The predicted octanol–water partition coefficient (Wildman–Crippen LogP) is 2.91. The van der Waals surface area contributed by atoms with Gasteiger partial charge >= 0.3 is 0 Å². The number of hydrogen-bond donors (Lipinski definition) is 1. The number of methoxy groups -OCH3 is 2. The zero-order chi connectivity index (χ0) is 13.7. The second-order valence-electron chi connectivity index (χ2n) is 4.55. The van der Waals surface area contributed by atoms with Gasteiger partial charge in [0.15, 0.2) is 11.5 Å². The second-order valence-corrected chi connectivity index (χ2v) is 4.55. The predicted molar refractivity (Wildman–Crippen MR) is 76.7 cm³/mol. The summed E-state index contributed by atoms with van der Waals surface area (Å²) in [7, 11) is 3.25. The normalized spacial score (nSPS) is 10.6. The van der Waals surface area contributed by atoms with Gasteiger partial charge < -0.3 is 20.1 Å². The quantitative estimate of drug-likeness (QED) is 0.791. The van der Waals surface area contributed by atoms with Crippen molar-refractivity contribution in [3.8, 4) is 11.5 Å². The summed E-state index contributed by atoms with van der Waals surface area (Å²) in [5.41, 5.74) is 7.83. The minimum absolute atomic E-state index is 0.394. The number of benzene rings is 1. The highest BCUT2D eigenvalue weighted by atomic mass is 16.5. The monoisotopic (exact) mass is 252 g/mol. The van der Waals surface area contributed by atoms with Gasteiger partial charge in [-0.15, -0.1) is 0 Å². The van der Waals surface area contributed by atoms with Crippen molar-refractivity contribution < 1.29 is 9.47 Å². The van der Waals surface area contributed by atoms with Gasteiger partial charge in [-0.25, -0.2) is 0 Å². The van der Waals surface area contributed by atoms with E-state index in [1.807, 2.05) is 12.1 Å². The summed E-state index contributed by atoms with van der Waals surface area (Å²) in [4.78, 5) is 2.28. The molecule has 0 spiro atoms. The van der Waals surface area contributed by atoms with Gasteiger partial charge in [-0.05, 0) is 20.3 Å². The summed E-state index contributed by atoms with van der Waals surface area (Å²) < 4.78 is 10.6. The average molecular weight is 252 g/mol. The van der Waals surface area contributed by atoms with E-state index in [0.29, 0.717) is 17.5 Å². The zero-order valence-corrected chi connectivity index (χ0v) is 12.0. The first kappa shape index (κ1) is 14.5. The lowest BCUT2D eigenvalue weighted by atomic mass is 10.1. The van der Waals surface area contributed by atoms with E-state index >= 15 is 0 Å². The van der Waals surface area contributed by atoms with Gasteiger partial charge in [-0.1, -0.05) is 6.92 Å². The minimum Gasteiger partial charge on any atom is -0.493 e. The average Bonchev–Trinajstić information content (AvgIpc) is 2.35. The van der Waals surface area contributed by atoms with Gasteiger partial charge in [-0.3, -0.25) is 0 Å². The Bertz CT molecular complexity index is 392. The van der Waals surface area contributed by atoms with Gasteiger partial charge in [0.05, 0.1) is 25.6 Å². The Balaban J connectivity index is 3.21. The maximum absolute atomic E-state index is 6.11. The largest absolute Gasteiger partial charge is 0.493 e. The lowest BCUT2D eigenvalue weighted by molar-refractivity contribution is 0.355. The van der Waals surface area contributed by atoms with E-state index in [9.17, 15) is 0 Å². The number of nitrogen functional groups attached to an aromatic ring is 1. The van der Waals surface area contributed by atoms with Gasteiger partial charge in [0, 0.05) is 24.7 Å². The Hall–Kier alpha value is -1.58. The highest BCUT2D eigenvalue weighted by molar-refractivity contribution is 5.73. The Kier molecular flexibility index (Phi) is 5.13. The third-order valence-corrected chi connectivity index (χ3v) is 2.93. The molecule has 1 aromatic carbocycles. The lowest BCUT2D eigenvalue weighted by Crippen LogP contribution is -2.32. The van der Waals surface area contributed by atoms with Crippen LogP contribution in [0.1, 0.15) is 27.2 Å². The summed E-state index contributed by atoms with van der Waals surface area (Å²) in [5.74, 6) is 1.38. The molecular formula is C14H24N2O2. The molecule has 4 heteroatoms. The van der Waals surface area contributed by atoms with Crippen molar-refractivity contribution in [1.29, 1.82) is 0 Å². The Morgan fingerprint density at radius 1 is 1.17 bits per heavy atom. The van der Waals surface area contributed by atoms with Crippen LogP contribution >= 0.6 is 0 Å². The topological polar surface area (TPSA) is 47.7 Å². The van der Waals surface area contributed by atoms with Crippen LogP contribution in [-0.2, 0) is 0 Å². The molecular weight excluding hydrogens is 228 g/mol. The first-order chi connectivity index (χ1) is 8.54. The van der Waals surface area contributed by atoms with Gasteiger partial charge in [-0.2, -0.15) is 0 Å². The first-order valence-corrected chi connectivity index (χ1v) is 6.33. The molecule has 18 heavy (non-hydrogen) atoms. The molecule has 0 aromatic heterocycles. The van der Waals surface area contributed by atoms with Crippen LogP contribution in [-0.4, -0.2) is 26.8 Å². The van der Waals surface area contributed by atoms with Crippen molar-refractivity contribution in [3.05, 3.63) is 12.1 Å². The molecule has 0 aliphatic carbocycles. The van der Waals surface area contributed by atoms with Crippen LogP contribution in [0.5, 0.6) is 11.5 Å². The number of ether oxygens (including phenoxy) is 2. The SMILES string of the molecule is CCCN(c1cc(OC)c(OC)cc1N)C(C)C. The van der Waals surface area contributed by atoms with Crippen molar-refractivity contribution in [2.45, 2.75) is 33.2 Å². The fourth-order valence-corrected chi connectivity index (χ4v) is 2.03. The van der Waals surface area contributed by atoms with Crippen molar-refractivity contribution in [2.24, 2.45) is 0 Å². The van der Waals surface area contributed by atoms with Crippen molar-refractivity contribution in [1.82, 2.24) is 0 Å².